The molecular weight excluding hydrogens is 552 g/mol. The van der Waals surface area contributed by atoms with Crippen molar-refractivity contribution in [2.45, 2.75) is 45.1 Å². The fourth-order valence-electron chi connectivity index (χ4n) is 5.15. The van der Waals surface area contributed by atoms with E-state index in [9.17, 15) is 4.79 Å². The summed E-state index contributed by atoms with van der Waals surface area (Å²) in [6, 6.07) is 12.9. The number of pyridine rings is 1. The maximum absolute atomic E-state index is 13.3. The van der Waals surface area contributed by atoms with Crippen LogP contribution in [0.15, 0.2) is 67.4 Å². The van der Waals surface area contributed by atoms with Gasteiger partial charge in [-0.25, -0.2) is 24.4 Å². The Labute approximate surface area is 246 Å². The largest absolute Gasteiger partial charge is 0.383 e. The van der Waals surface area contributed by atoms with Crippen molar-refractivity contribution >= 4 is 51.6 Å². The SMILES string of the molecule is CC(C)(C)c1cc(NC(=O)Nc2ccc(-c3cn(C4CC4)c4ncnc(N)c34)n3ccnc23)n(-c2ccc(Cl)cc2)n1. The van der Waals surface area contributed by atoms with Crippen molar-refractivity contribution in [3.05, 3.63) is 78.1 Å². The van der Waals surface area contributed by atoms with Gasteiger partial charge in [-0.3, -0.25) is 9.72 Å². The third-order valence-corrected chi connectivity index (χ3v) is 7.69. The lowest BCUT2D eigenvalue weighted by Gasteiger charge is -2.14. The quantitative estimate of drug-likeness (QED) is 0.215. The van der Waals surface area contributed by atoms with Gasteiger partial charge in [0.1, 0.15) is 23.6 Å². The van der Waals surface area contributed by atoms with E-state index in [-0.39, 0.29) is 5.41 Å². The van der Waals surface area contributed by atoms with Crippen LogP contribution in [0, 0.1) is 0 Å². The van der Waals surface area contributed by atoms with Gasteiger partial charge >= 0.3 is 6.03 Å². The molecule has 1 aliphatic carbocycles. The number of hydrogen-bond acceptors (Lipinski definition) is 6. The molecule has 6 aromatic rings. The lowest BCUT2D eigenvalue weighted by atomic mass is 9.92. The highest BCUT2D eigenvalue weighted by Gasteiger charge is 2.28. The van der Waals surface area contributed by atoms with Crippen molar-refractivity contribution < 1.29 is 4.79 Å². The molecule has 0 spiro atoms. The second kappa shape index (κ2) is 9.59. The van der Waals surface area contributed by atoms with E-state index >= 15 is 0 Å². The number of anilines is 3. The van der Waals surface area contributed by atoms with Gasteiger partial charge in [-0.05, 0) is 49.2 Å². The number of nitrogens with two attached hydrogens (primary N) is 1. The first-order chi connectivity index (χ1) is 20.2. The first kappa shape index (κ1) is 26.0. The Bertz CT molecular complexity index is 1980. The molecule has 5 aromatic heterocycles. The highest BCUT2D eigenvalue weighted by molar-refractivity contribution is 6.30. The van der Waals surface area contributed by atoms with Gasteiger partial charge in [-0.2, -0.15) is 5.10 Å². The van der Waals surface area contributed by atoms with E-state index in [1.165, 1.54) is 6.33 Å². The van der Waals surface area contributed by atoms with E-state index < -0.39 is 6.03 Å². The Morgan fingerprint density at radius 1 is 1.02 bits per heavy atom. The van der Waals surface area contributed by atoms with Gasteiger partial charge in [-0.1, -0.05) is 32.4 Å². The Balaban J connectivity index is 1.22. The lowest BCUT2D eigenvalue weighted by Crippen LogP contribution is -2.21. The van der Waals surface area contributed by atoms with Crippen LogP contribution in [0.3, 0.4) is 0 Å². The number of benzene rings is 1. The minimum Gasteiger partial charge on any atom is -0.383 e. The summed E-state index contributed by atoms with van der Waals surface area (Å²) in [6.07, 6.45) is 9.38. The van der Waals surface area contributed by atoms with Gasteiger partial charge in [0.2, 0.25) is 0 Å². The van der Waals surface area contributed by atoms with E-state index in [4.69, 9.17) is 22.4 Å². The first-order valence-corrected chi connectivity index (χ1v) is 14.1. The number of rotatable bonds is 5. The number of amides is 2. The fourth-order valence-corrected chi connectivity index (χ4v) is 5.28. The molecule has 0 bridgehead atoms. The van der Waals surface area contributed by atoms with Crippen LogP contribution in [0.25, 0.3) is 33.6 Å². The molecule has 42 heavy (non-hydrogen) atoms. The monoisotopic (exact) mass is 580 g/mol. The minimum atomic E-state index is -0.425. The Kier molecular flexibility index (Phi) is 5.94. The number of aromatic nitrogens is 7. The average molecular weight is 581 g/mol. The van der Waals surface area contributed by atoms with E-state index in [1.807, 2.05) is 40.9 Å². The van der Waals surface area contributed by atoms with Gasteiger partial charge in [0.05, 0.1) is 28.1 Å². The number of carbonyl (C=O) groups is 1. The smallest absolute Gasteiger partial charge is 0.324 e. The molecule has 1 aromatic carbocycles. The number of carbonyl (C=O) groups excluding carboxylic acids is 1. The Morgan fingerprint density at radius 3 is 2.55 bits per heavy atom. The lowest BCUT2D eigenvalue weighted by molar-refractivity contribution is 0.262. The predicted octanol–water partition coefficient (Wildman–Crippen LogP) is 6.44. The highest BCUT2D eigenvalue weighted by atomic mass is 35.5. The van der Waals surface area contributed by atoms with Crippen LogP contribution in [0.1, 0.15) is 45.3 Å². The van der Waals surface area contributed by atoms with Gasteiger partial charge in [0.15, 0.2) is 5.65 Å². The van der Waals surface area contributed by atoms with Gasteiger partial charge < -0.3 is 15.6 Å². The van der Waals surface area contributed by atoms with Crippen molar-refractivity contribution in [2.24, 2.45) is 0 Å². The molecule has 7 rings (SSSR count). The number of nitrogens with zero attached hydrogens (tertiary/aromatic N) is 7. The van der Waals surface area contributed by atoms with Crippen molar-refractivity contribution in [2.75, 3.05) is 16.4 Å². The number of fused-ring (bicyclic) bond motifs is 2. The first-order valence-electron chi connectivity index (χ1n) is 13.7. The number of urea groups is 1. The second-order valence-electron chi connectivity index (χ2n) is 11.5. The van der Waals surface area contributed by atoms with Crippen LogP contribution < -0.4 is 16.4 Å². The van der Waals surface area contributed by atoms with Crippen LogP contribution in [0.2, 0.25) is 5.02 Å². The second-order valence-corrected chi connectivity index (χ2v) is 12.0. The van der Waals surface area contributed by atoms with Crippen LogP contribution in [0.5, 0.6) is 0 Å². The predicted molar refractivity (Wildman–Crippen MR) is 164 cm³/mol. The van der Waals surface area contributed by atoms with E-state index in [0.717, 1.165) is 46.5 Å². The molecule has 0 atom stereocenters. The van der Waals surface area contributed by atoms with Gasteiger partial charge in [-0.15, -0.1) is 0 Å². The highest BCUT2D eigenvalue weighted by Crippen LogP contribution is 2.42. The zero-order valence-corrected chi connectivity index (χ0v) is 24.1. The van der Waals surface area contributed by atoms with Crippen LogP contribution in [-0.2, 0) is 5.41 Å². The summed E-state index contributed by atoms with van der Waals surface area (Å²) in [7, 11) is 0. The van der Waals surface area contributed by atoms with Crippen LogP contribution in [-0.4, -0.2) is 39.7 Å². The summed E-state index contributed by atoms with van der Waals surface area (Å²) in [5.74, 6) is 0.954. The molecule has 0 radical (unpaired) electrons. The number of imidazole rings is 1. The Morgan fingerprint density at radius 2 is 1.81 bits per heavy atom. The van der Waals surface area contributed by atoms with Crippen LogP contribution in [0.4, 0.5) is 22.1 Å². The molecule has 0 aliphatic heterocycles. The van der Waals surface area contributed by atoms with Gasteiger partial charge in [0.25, 0.3) is 0 Å². The molecule has 0 saturated heterocycles. The van der Waals surface area contributed by atoms with Crippen molar-refractivity contribution in [1.82, 2.24) is 33.7 Å². The molecule has 1 saturated carbocycles. The average Bonchev–Trinajstić information content (AvgIpc) is 3.33. The maximum atomic E-state index is 13.3. The number of nitrogens with one attached hydrogen (secondary N) is 2. The third-order valence-electron chi connectivity index (χ3n) is 7.44. The number of hydrogen-bond donors (Lipinski definition) is 3. The van der Waals surface area contributed by atoms with Crippen LogP contribution >= 0.6 is 11.6 Å². The summed E-state index contributed by atoms with van der Waals surface area (Å²) in [5.41, 5.74) is 11.5. The van der Waals surface area contributed by atoms with Crippen molar-refractivity contribution in [3.63, 3.8) is 0 Å². The molecule has 0 unspecified atom stereocenters. The Hall–Kier alpha value is -4.90. The third kappa shape index (κ3) is 4.51. The zero-order valence-electron chi connectivity index (χ0n) is 23.3. The maximum Gasteiger partial charge on any atom is 0.324 e. The van der Waals surface area contributed by atoms with Crippen molar-refractivity contribution in [1.29, 1.82) is 0 Å². The summed E-state index contributed by atoms with van der Waals surface area (Å²) < 4.78 is 5.82. The molecular formula is C30H29ClN10O. The molecule has 1 fully saturated rings. The van der Waals surface area contributed by atoms with E-state index in [0.29, 0.717) is 34.0 Å². The molecule has 1 aliphatic rings. The molecule has 5 heterocycles. The standard InChI is InChI=1S/C30H29ClN10O/c1-30(2,3)23-14-24(41(38-23)19-6-4-17(31)5-7-19)37-29(42)36-21-10-11-22(39-13-12-33-27(21)39)20-15-40(18-8-9-18)28-25(20)26(32)34-16-35-28/h4-7,10-16,18H,8-9H2,1-3H3,(H2,32,34,35)(H2,36,37,42). The topological polar surface area (TPSA) is 133 Å². The molecule has 12 heteroatoms. The minimum absolute atomic E-state index is 0.223. The number of nitrogen functional groups attached to an aromatic ring is 1. The normalized spacial score (nSPS) is 13.6. The van der Waals surface area contributed by atoms with Crippen molar-refractivity contribution in [3.8, 4) is 16.9 Å². The summed E-state index contributed by atoms with van der Waals surface area (Å²) in [5, 5.41) is 12.1. The van der Waals surface area contributed by atoms with E-state index in [2.05, 4.69) is 57.1 Å². The zero-order chi connectivity index (χ0) is 29.2. The summed E-state index contributed by atoms with van der Waals surface area (Å²) in [4.78, 5) is 26.7. The summed E-state index contributed by atoms with van der Waals surface area (Å²) >= 11 is 6.10. The molecule has 2 amide bonds. The van der Waals surface area contributed by atoms with E-state index in [1.54, 1.807) is 23.0 Å². The van der Waals surface area contributed by atoms with Gasteiger partial charge in [0, 0.05) is 46.7 Å². The summed E-state index contributed by atoms with van der Waals surface area (Å²) in [6.45, 7) is 6.22. The molecule has 4 N–H and O–H groups in total. The number of halogens is 1. The fraction of sp³-hybridized carbons (Fsp3) is 0.233. The molecule has 11 nitrogen and oxygen atoms in total. The molecule has 212 valence electrons.